The lowest BCUT2D eigenvalue weighted by Gasteiger charge is -2.49. The molecule has 3 aromatic rings. The number of carbonyl (C=O) groups is 3. The Morgan fingerprint density at radius 3 is 2.30 bits per heavy atom. The zero-order valence-corrected chi connectivity index (χ0v) is 21.1. The van der Waals surface area contributed by atoms with Gasteiger partial charge in [0.2, 0.25) is 0 Å². The first-order valence-electron chi connectivity index (χ1n) is 11.9. The minimum atomic E-state index is -0.708. The Balaban J connectivity index is 1.36. The first kappa shape index (κ1) is 24.6. The molecule has 0 spiro atoms. The molecule has 0 unspecified atom stereocenters. The zero-order chi connectivity index (χ0) is 25.8. The molecule has 0 aliphatic carbocycles. The molecule has 3 aromatic carbocycles. The van der Waals surface area contributed by atoms with Crippen LogP contribution >= 0.6 is 11.8 Å². The van der Waals surface area contributed by atoms with Gasteiger partial charge in [0.1, 0.15) is 29.5 Å². The number of hydrogen-bond acceptors (Lipinski definition) is 6. The van der Waals surface area contributed by atoms with Crippen molar-refractivity contribution in [3.63, 3.8) is 0 Å². The molecule has 5 rings (SSSR count). The number of β-lactam (4-membered cyclic amide) rings is 1. The van der Waals surface area contributed by atoms with Crippen molar-refractivity contribution in [3.8, 4) is 5.75 Å². The van der Waals surface area contributed by atoms with Crippen LogP contribution in [0.25, 0.3) is 0 Å². The second-order valence-corrected chi connectivity index (χ2v) is 9.87. The maximum atomic E-state index is 13.4. The molecule has 1 fully saturated rings. The highest BCUT2D eigenvalue weighted by molar-refractivity contribution is 8.00. The van der Waals surface area contributed by atoms with E-state index in [1.165, 1.54) is 16.7 Å². The van der Waals surface area contributed by atoms with Crippen LogP contribution in [0.5, 0.6) is 5.75 Å². The number of nitrogens with zero attached hydrogens (tertiary/aromatic N) is 1. The lowest BCUT2D eigenvalue weighted by Crippen LogP contribution is -2.70. The van der Waals surface area contributed by atoms with Crippen molar-refractivity contribution in [2.75, 3.05) is 12.9 Å². The summed E-state index contributed by atoms with van der Waals surface area (Å²) in [7, 11) is 1.59. The second-order valence-electron chi connectivity index (χ2n) is 8.77. The van der Waals surface area contributed by atoms with Gasteiger partial charge in [-0.2, -0.15) is 0 Å². The van der Waals surface area contributed by atoms with Gasteiger partial charge >= 0.3 is 5.97 Å². The number of fused-ring (bicyclic) bond motifs is 1. The molecule has 2 aliphatic rings. The number of hydrogen-bond donors (Lipinski definition) is 1. The van der Waals surface area contributed by atoms with Crippen molar-refractivity contribution in [3.05, 3.63) is 113 Å². The molecule has 0 bridgehead atoms. The van der Waals surface area contributed by atoms with Gasteiger partial charge in [-0.1, -0.05) is 60.7 Å². The van der Waals surface area contributed by atoms with Crippen molar-refractivity contribution in [1.29, 1.82) is 0 Å². The Labute approximate surface area is 219 Å². The Hall–Kier alpha value is -4.04. The van der Waals surface area contributed by atoms with Crippen molar-refractivity contribution in [1.82, 2.24) is 10.2 Å². The number of carbonyl (C=O) groups excluding carboxylic acids is 3. The van der Waals surface area contributed by atoms with E-state index in [0.29, 0.717) is 23.5 Å². The monoisotopic (exact) mass is 514 g/mol. The topological polar surface area (TPSA) is 84.9 Å². The Morgan fingerprint density at radius 1 is 0.946 bits per heavy atom. The summed E-state index contributed by atoms with van der Waals surface area (Å²) in [6.07, 6.45) is 0.526. The van der Waals surface area contributed by atoms with E-state index in [1.54, 1.807) is 43.5 Å². The summed E-state index contributed by atoms with van der Waals surface area (Å²) in [5.74, 6) is 0.0806. The van der Waals surface area contributed by atoms with Crippen molar-refractivity contribution >= 4 is 29.5 Å². The molecule has 2 amide bonds. The number of rotatable bonds is 8. The lowest BCUT2D eigenvalue weighted by molar-refractivity contribution is -0.152. The Bertz CT molecular complexity index is 1330. The summed E-state index contributed by atoms with van der Waals surface area (Å²) in [6, 6.07) is 25.1. The highest BCUT2D eigenvalue weighted by Gasteiger charge is 2.54. The van der Waals surface area contributed by atoms with Crippen LogP contribution in [0.2, 0.25) is 0 Å². The summed E-state index contributed by atoms with van der Waals surface area (Å²) in [4.78, 5) is 40.8. The maximum absolute atomic E-state index is 13.4. The molecular weight excluding hydrogens is 488 g/mol. The quantitative estimate of drug-likeness (QED) is 0.362. The van der Waals surface area contributed by atoms with Crippen LogP contribution in [0.15, 0.2) is 96.2 Å². The van der Waals surface area contributed by atoms with E-state index in [4.69, 9.17) is 9.47 Å². The van der Waals surface area contributed by atoms with E-state index in [0.717, 1.165) is 16.7 Å². The largest absolute Gasteiger partial charge is 0.497 e. The van der Waals surface area contributed by atoms with Crippen LogP contribution in [0.3, 0.4) is 0 Å². The van der Waals surface area contributed by atoms with E-state index in [2.05, 4.69) is 5.32 Å². The summed E-state index contributed by atoms with van der Waals surface area (Å²) >= 11 is 1.54. The van der Waals surface area contributed by atoms with Gasteiger partial charge in [0.05, 0.1) is 7.11 Å². The smallest absolute Gasteiger partial charge is 0.355 e. The molecule has 1 saturated heterocycles. The highest BCUT2D eigenvalue weighted by atomic mass is 32.2. The van der Waals surface area contributed by atoms with Gasteiger partial charge in [0, 0.05) is 11.3 Å². The van der Waals surface area contributed by atoms with E-state index in [1.807, 2.05) is 48.5 Å². The third kappa shape index (κ3) is 5.24. The van der Waals surface area contributed by atoms with Crippen LogP contribution in [0, 0.1) is 0 Å². The second kappa shape index (κ2) is 10.9. The highest BCUT2D eigenvalue weighted by Crippen LogP contribution is 2.41. The van der Waals surface area contributed by atoms with Gasteiger partial charge < -0.3 is 14.8 Å². The average molecular weight is 515 g/mol. The summed E-state index contributed by atoms with van der Waals surface area (Å²) < 4.78 is 10.8. The van der Waals surface area contributed by atoms with Gasteiger partial charge in [0.25, 0.3) is 11.8 Å². The van der Waals surface area contributed by atoms with E-state index in [9.17, 15) is 14.4 Å². The predicted octanol–water partition coefficient (Wildman–Crippen LogP) is 3.95. The molecule has 0 saturated carbocycles. The predicted molar refractivity (Wildman–Crippen MR) is 141 cm³/mol. The Morgan fingerprint density at radius 2 is 1.62 bits per heavy atom. The minimum Gasteiger partial charge on any atom is -0.497 e. The lowest BCUT2D eigenvalue weighted by atomic mass is 9.98. The minimum absolute atomic E-state index is 0.0684. The Kier molecular flexibility index (Phi) is 7.28. The van der Waals surface area contributed by atoms with Gasteiger partial charge in [-0.3, -0.25) is 14.5 Å². The van der Waals surface area contributed by atoms with Crippen molar-refractivity contribution < 1.29 is 23.9 Å². The van der Waals surface area contributed by atoms with Gasteiger partial charge in [-0.25, -0.2) is 4.79 Å². The van der Waals surface area contributed by atoms with E-state index >= 15 is 0 Å². The zero-order valence-electron chi connectivity index (χ0n) is 20.3. The maximum Gasteiger partial charge on any atom is 0.355 e. The van der Waals surface area contributed by atoms with Crippen LogP contribution in [-0.2, 0) is 27.4 Å². The normalized spacial score (nSPS) is 18.5. The molecule has 2 heterocycles. The molecule has 188 valence electrons. The van der Waals surface area contributed by atoms with E-state index < -0.39 is 12.0 Å². The number of thioether (sulfide) groups is 1. The third-order valence-corrected chi connectivity index (χ3v) is 7.69. The number of methoxy groups -OCH3 is 1. The fourth-order valence-electron chi connectivity index (χ4n) is 4.40. The summed E-state index contributed by atoms with van der Waals surface area (Å²) in [5, 5.41) is 2.46. The number of esters is 1. The molecule has 0 radical (unpaired) electrons. The summed E-state index contributed by atoms with van der Waals surface area (Å²) in [6.45, 7) is 0.0684. The van der Waals surface area contributed by atoms with Crippen molar-refractivity contribution in [2.45, 2.75) is 24.4 Å². The molecule has 37 heavy (non-hydrogen) atoms. The van der Waals surface area contributed by atoms with Crippen LogP contribution in [0.1, 0.15) is 21.5 Å². The molecule has 1 N–H and O–H groups in total. The third-order valence-electron chi connectivity index (χ3n) is 6.35. The SMILES string of the molecule is COc1ccc(COC(=O)C2=C(Cc3ccccc3)CS[C@@H]3[C@H](NC(=O)c4ccccc4)C(=O)N23)cc1. The summed E-state index contributed by atoms with van der Waals surface area (Å²) in [5.41, 5.74) is 3.43. The standard InChI is InChI=1S/C29H26N2O5S/c1-35-23-14-12-20(13-15-23)17-36-29(34)25-22(16-19-8-4-2-5-9-19)18-37-28-24(27(33)31(25)28)30-26(32)21-10-6-3-7-11-21/h2-15,24,28H,16-18H2,1H3,(H,30,32)/t24-,28-/m1/s1. The van der Waals surface area contributed by atoms with Gasteiger partial charge in [-0.05, 0) is 47.4 Å². The molecular formula is C29H26N2O5S. The fourth-order valence-corrected chi connectivity index (χ4v) is 5.75. The number of ether oxygens (including phenoxy) is 2. The number of amides is 2. The first-order chi connectivity index (χ1) is 18.0. The molecule has 0 aromatic heterocycles. The van der Waals surface area contributed by atoms with Crippen LogP contribution < -0.4 is 10.1 Å². The molecule has 2 aliphatic heterocycles. The molecule has 2 atom stereocenters. The van der Waals surface area contributed by atoms with Crippen molar-refractivity contribution in [2.24, 2.45) is 0 Å². The first-order valence-corrected chi connectivity index (χ1v) is 13.0. The number of nitrogens with one attached hydrogen (secondary N) is 1. The molecule has 7 nitrogen and oxygen atoms in total. The van der Waals surface area contributed by atoms with Crippen LogP contribution in [0.4, 0.5) is 0 Å². The fraction of sp³-hybridized carbons (Fsp3) is 0.207. The van der Waals surface area contributed by atoms with Crippen LogP contribution in [-0.4, -0.2) is 47.0 Å². The average Bonchev–Trinajstić information content (AvgIpc) is 2.95. The van der Waals surface area contributed by atoms with Gasteiger partial charge in [-0.15, -0.1) is 11.8 Å². The molecule has 8 heteroatoms. The van der Waals surface area contributed by atoms with Gasteiger partial charge in [0.15, 0.2) is 0 Å². The van der Waals surface area contributed by atoms with E-state index in [-0.39, 0.29) is 29.5 Å². The number of benzene rings is 3.